The molecule has 0 aliphatic carbocycles. The van der Waals surface area contributed by atoms with Gasteiger partial charge in [0.15, 0.2) is 5.78 Å². The van der Waals surface area contributed by atoms with Gasteiger partial charge in [-0.15, -0.1) is 0 Å². The van der Waals surface area contributed by atoms with E-state index in [1.165, 1.54) is 0 Å². The van der Waals surface area contributed by atoms with Gasteiger partial charge >= 0.3 is 6.18 Å². The summed E-state index contributed by atoms with van der Waals surface area (Å²) in [6, 6.07) is 20.4. The molecule has 4 aromatic rings. The zero-order chi connectivity index (χ0) is 24.5. The second-order valence-electron chi connectivity index (χ2n) is 7.73. The number of hydrogen-bond acceptors (Lipinski definition) is 4. The first kappa shape index (κ1) is 23.0. The van der Waals surface area contributed by atoms with Crippen molar-refractivity contribution in [1.82, 2.24) is 0 Å². The maximum absolute atomic E-state index is 13.7. The number of fused-ring (bicyclic) bond motifs is 3. The molecule has 0 aromatic heterocycles. The Labute approximate surface area is 191 Å². The van der Waals surface area contributed by atoms with Crippen LogP contribution in [-0.4, -0.2) is 27.6 Å². The van der Waals surface area contributed by atoms with Crippen LogP contribution in [0, 0.1) is 22.0 Å². The number of nitro groups is 1. The SMILES string of the molecule is O=C(CC(O)(C#Cc1ccc2c(ccc3ccccc32)c1)C(F)(F)F)c1ccc([N+](=O)[O-])cc1. The van der Waals surface area contributed by atoms with E-state index in [0.717, 1.165) is 45.8 Å². The van der Waals surface area contributed by atoms with Gasteiger partial charge in [0, 0.05) is 23.3 Å². The molecule has 0 spiro atoms. The highest BCUT2D eigenvalue weighted by Gasteiger charge is 2.54. The number of non-ortho nitro benzene ring substituents is 1. The second kappa shape index (κ2) is 8.61. The molecule has 0 saturated carbocycles. The van der Waals surface area contributed by atoms with Crippen LogP contribution in [0.3, 0.4) is 0 Å². The van der Waals surface area contributed by atoms with Crippen LogP contribution >= 0.6 is 0 Å². The van der Waals surface area contributed by atoms with Crippen LogP contribution in [0.4, 0.5) is 18.9 Å². The molecule has 0 aliphatic heterocycles. The molecule has 170 valence electrons. The molecule has 0 fully saturated rings. The molecule has 5 nitrogen and oxygen atoms in total. The van der Waals surface area contributed by atoms with Crippen molar-refractivity contribution >= 4 is 33.0 Å². The van der Waals surface area contributed by atoms with Crippen molar-refractivity contribution in [2.24, 2.45) is 0 Å². The van der Waals surface area contributed by atoms with Gasteiger partial charge in [-0.05, 0) is 45.8 Å². The predicted molar refractivity (Wildman–Crippen MR) is 121 cm³/mol. The van der Waals surface area contributed by atoms with Gasteiger partial charge < -0.3 is 5.11 Å². The Bertz CT molecular complexity index is 1480. The lowest BCUT2D eigenvalue weighted by atomic mass is 9.93. The molecule has 0 saturated heterocycles. The summed E-state index contributed by atoms with van der Waals surface area (Å²) in [5.41, 5.74) is -3.86. The van der Waals surface area contributed by atoms with Gasteiger partial charge in [0.05, 0.1) is 11.3 Å². The van der Waals surface area contributed by atoms with Crippen molar-refractivity contribution in [3.05, 3.63) is 100 Å². The normalized spacial score (nSPS) is 13.2. The van der Waals surface area contributed by atoms with Gasteiger partial charge in [-0.25, -0.2) is 0 Å². The lowest BCUT2D eigenvalue weighted by Crippen LogP contribution is -2.45. The minimum atomic E-state index is -5.20. The molecule has 1 N–H and O–H groups in total. The van der Waals surface area contributed by atoms with Crippen LogP contribution < -0.4 is 0 Å². The van der Waals surface area contributed by atoms with Crippen LogP contribution in [0.15, 0.2) is 78.9 Å². The summed E-state index contributed by atoms with van der Waals surface area (Å²) in [6.07, 6.45) is -6.55. The summed E-state index contributed by atoms with van der Waals surface area (Å²) in [6.45, 7) is 0. The van der Waals surface area contributed by atoms with Crippen LogP contribution in [0.5, 0.6) is 0 Å². The summed E-state index contributed by atoms with van der Waals surface area (Å²) < 4.78 is 41.1. The van der Waals surface area contributed by atoms with Crippen LogP contribution in [0.2, 0.25) is 0 Å². The average molecular weight is 463 g/mol. The molecular formula is C26H16F3NO4. The third kappa shape index (κ3) is 4.47. The Hall–Kier alpha value is -4.22. The van der Waals surface area contributed by atoms with Crippen LogP contribution in [-0.2, 0) is 0 Å². The number of ketones is 1. The van der Waals surface area contributed by atoms with Gasteiger partial charge in [-0.2, -0.15) is 13.2 Å². The smallest absolute Gasteiger partial charge is 0.369 e. The lowest BCUT2D eigenvalue weighted by Gasteiger charge is -2.24. The number of halogens is 3. The summed E-state index contributed by atoms with van der Waals surface area (Å²) >= 11 is 0. The minimum Gasteiger partial charge on any atom is -0.369 e. The Balaban J connectivity index is 1.65. The quantitative estimate of drug-likeness (QED) is 0.136. The van der Waals surface area contributed by atoms with Crippen molar-refractivity contribution in [1.29, 1.82) is 0 Å². The highest BCUT2D eigenvalue weighted by molar-refractivity contribution is 6.07. The molecule has 4 rings (SSSR count). The van der Waals surface area contributed by atoms with E-state index in [4.69, 9.17) is 0 Å². The Kier molecular flexibility index (Phi) is 5.82. The fourth-order valence-corrected chi connectivity index (χ4v) is 3.59. The Morgan fingerprint density at radius 1 is 0.912 bits per heavy atom. The molecule has 0 bridgehead atoms. The van der Waals surface area contributed by atoms with Crippen LogP contribution in [0.1, 0.15) is 22.3 Å². The zero-order valence-electron chi connectivity index (χ0n) is 17.5. The fraction of sp³-hybridized carbons (Fsp3) is 0.115. The van der Waals surface area contributed by atoms with E-state index in [1.54, 1.807) is 18.2 Å². The third-order valence-electron chi connectivity index (χ3n) is 5.44. The van der Waals surface area contributed by atoms with E-state index in [0.29, 0.717) is 0 Å². The standard InChI is InChI=1S/C26H16F3NO4/c27-26(28,29)25(32,16-24(31)19-8-10-21(11-9-19)30(33)34)14-13-17-5-12-23-20(15-17)7-6-18-3-1-2-4-22(18)23/h1-12,15,32H,16H2. The van der Waals surface area contributed by atoms with Crippen LogP contribution in [0.25, 0.3) is 21.5 Å². The Morgan fingerprint density at radius 3 is 2.24 bits per heavy atom. The highest BCUT2D eigenvalue weighted by atomic mass is 19.4. The largest absolute Gasteiger partial charge is 0.429 e. The van der Waals surface area contributed by atoms with Crippen molar-refractivity contribution in [3.63, 3.8) is 0 Å². The third-order valence-corrected chi connectivity index (χ3v) is 5.44. The number of hydrogen-bond donors (Lipinski definition) is 1. The summed E-state index contributed by atoms with van der Waals surface area (Å²) in [7, 11) is 0. The van der Waals surface area contributed by atoms with Crippen molar-refractivity contribution in [3.8, 4) is 11.8 Å². The first-order valence-electron chi connectivity index (χ1n) is 10.1. The first-order chi connectivity index (χ1) is 16.1. The number of carbonyl (C=O) groups is 1. The lowest BCUT2D eigenvalue weighted by molar-refractivity contribution is -0.384. The zero-order valence-corrected chi connectivity index (χ0v) is 17.5. The molecule has 0 heterocycles. The molecule has 0 radical (unpaired) electrons. The van der Waals surface area contributed by atoms with E-state index in [1.807, 2.05) is 42.3 Å². The average Bonchev–Trinajstić information content (AvgIpc) is 2.81. The number of alkyl halides is 3. The second-order valence-corrected chi connectivity index (χ2v) is 7.73. The van der Waals surface area contributed by atoms with Gasteiger partial charge in [0.2, 0.25) is 5.60 Å². The predicted octanol–water partition coefficient (Wildman–Crippen LogP) is 5.82. The van der Waals surface area contributed by atoms with Crippen molar-refractivity contribution in [2.75, 3.05) is 0 Å². The number of Topliss-reactive ketones (excluding diaryl/α,β-unsaturated/α-hetero) is 1. The monoisotopic (exact) mass is 463 g/mol. The topological polar surface area (TPSA) is 80.4 Å². The molecule has 34 heavy (non-hydrogen) atoms. The molecule has 1 unspecified atom stereocenters. The number of nitrogens with zero attached hydrogens (tertiary/aromatic N) is 1. The molecule has 8 heteroatoms. The first-order valence-corrected chi connectivity index (χ1v) is 10.1. The number of nitro benzene ring substituents is 1. The van der Waals surface area contributed by atoms with Crippen molar-refractivity contribution < 1.29 is 28.0 Å². The van der Waals surface area contributed by atoms with Gasteiger partial charge in [-0.1, -0.05) is 54.3 Å². The molecule has 0 aliphatic rings. The van der Waals surface area contributed by atoms with Gasteiger partial charge in [0.1, 0.15) is 0 Å². The van der Waals surface area contributed by atoms with Gasteiger partial charge in [0.25, 0.3) is 5.69 Å². The molecule has 0 amide bonds. The molecule has 1 atom stereocenters. The maximum Gasteiger partial charge on any atom is 0.429 e. The highest BCUT2D eigenvalue weighted by Crippen LogP contribution is 2.34. The number of aliphatic hydroxyl groups is 1. The van der Waals surface area contributed by atoms with E-state index < -0.39 is 28.9 Å². The van der Waals surface area contributed by atoms with E-state index >= 15 is 0 Å². The summed E-state index contributed by atoms with van der Waals surface area (Å²) in [4.78, 5) is 22.4. The number of rotatable bonds is 4. The summed E-state index contributed by atoms with van der Waals surface area (Å²) in [5, 5.41) is 24.7. The van der Waals surface area contributed by atoms with E-state index in [2.05, 4.69) is 5.92 Å². The molecular weight excluding hydrogens is 447 g/mol. The van der Waals surface area contributed by atoms with E-state index in [9.17, 15) is 33.2 Å². The Morgan fingerprint density at radius 2 is 1.56 bits per heavy atom. The van der Waals surface area contributed by atoms with Gasteiger partial charge in [-0.3, -0.25) is 14.9 Å². The maximum atomic E-state index is 13.7. The fourth-order valence-electron chi connectivity index (χ4n) is 3.59. The van der Waals surface area contributed by atoms with E-state index in [-0.39, 0.29) is 16.8 Å². The minimum absolute atomic E-state index is 0.201. The molecule has 4 aromatic carbocycles. The summed E-state index contributed by atoms with van der Waals surface area (Å²) in [5.74, 6) is 3.14. The van der Waals surface area contributed by atoms with Crippen molar-refractivity contribution in [2.45, 2.75) is 18.2 Å². The number of carbonyl (C=O) groups excluding carboxylic acids is 1. The number of benzene rings is 4.